The number of hydrazine groups is 1. The number of para-hydroxylation sites is 1. The van der Waals surface area contributed by atoms with Gasteiger partial charge in [0.2, 0.25) is 0 Å². The molecule has 1 atom stereocenters. The van der Waals surface area contributed by atoms with Gasteiger partial charge in [0.25, 0.3) is 17.7 Å². The first-order chi connectivity index (χ1) is 15.0. The van der Waals surface area contributed by atoms with Crippen LogP contribution in [0.15, 0.2) is 54.6 Å². The Kier molecular flexibility index (Phi) is 10.2. The number of nitrogens with one attached hydrogen (secondary N) is 3. The van der Waals surface area contributed by atoms with E-state index < -0.39 is 23.8 Å². The van der Waals surface area contributed by atoms with Crippen LogP contribution in [0.1, 0.15) is 23.7 Å². The van der Waals surface area contributed by atoms with Gasteiger partial charge >= 0.3 is 0 Å². The Morgan fingerprint density at radius 1 is 0.935 bits per heavy atom. The fourth-order valence-electron chi connectivity index (χ4n) is 2.55. The average Bonchev–Trinajstić information content (AvgIpc) is 2.80. The molecule has 0 saturated heterocycles. The van der Waals surface area contributed by atoms with Gasteiger partial charge in [-0.15, -0.1) is 0 Å². The summed E-state index contributed by atoms with van der Waals surface area (Å²) in [5.74, 6) is 0.458. The zero-order valence-electron chi connectivity index (χ0n) is 17.6. The summed E-state index contributed by atoms with van der Waals surface area (Å²) in [5, 5.41) is 2.65. The van der Waals surface area contributed by atoms with E-state index in [1.165, 1.54) is 0 Å². The van der Waals surface area contributed by atoms with Gasteiger partial charge in [-0.05, 0) is 61.8 Å². The highest BCUT2D eigenvalue weighted by Crippen LogP contribution is 2.12. The van der Waals surface area contributed by atoms with Crippen LogP contribution in [0.5, 0.6) is 11.5 Å². The first-order valence-electron chi connectivity index (χ1n) is 9.82. The predicted molar refractivity (Wildman–Crippen MR) is 120 cm³/mol. The van der Waals surface area contributed by atoms with Gasteiger partial charge in [0.1, 0.15) is 17.5 Å². The summed E-state index contributed by atoms with van der Waals surface area (Å²) >= 11 is 1.55. The number of thioether (sulfide) groups is 1. The minimum absolute atomic E-state index is 0.217. The highest BCUT2D eigenvalue weighted by atomic mass is 32.2. The second kappa shape index (κ2) is 13.2. The quantitative estimate of drug-likeness (QED) is 0.458. The molecule has 0 radical (unpaired) electrons. The van der Waals surface area contributed by atoms with Crippen LogP contribution in [0.2, 0.25) is 0 Å². The summed E-state index contributed by atoms with van der Waals surface area (Å²) in [7, 11) is 0. The topological polar surface area (TPSA) is 106 Å². The third-order valence-corrected chi connectivity index (χ3v) is 4.75. The first-order valence-corrected chi connectivity index (χ1v) is 11.2. The number of carbonyl (C=O) groups is 3. The van der Waals surface area contributed by atoms with Crippen molar-refractivity contribution in [3.8, 4) is 11.5 Å². The van der Waals surface area contributed by atoms with Crippen LogP contribution in [0.4, 0.5) is 0 Å². The number of carbonyl (C=O) groups excluding carboxylic acids is 3. The molecular weight excluding hydrogens is 418 g/mol. The minimum Gasteiger partial charge on any atom is -0.494 e. The molecule has 0 spiro atoms. The molecule has 0 aliphatic carbocycles. The van der Waals surface area contributed by atoms with Crippen molar-refractivity contribution in [3.63, 3.8) is 0 Å². The van der Waals surface area contributed by atoms with Crippen molar-refractivity contribution >= 4 is 29.5 Å². The summed E-state index contributed by atoms with van der Waals surface area (Å²) in [4.78, 5) is 37.0. The van der Waals surface area contributed by atoms with E-state index in [9.17, 15) is 14.4 Å². The largest absolute Gasteiger partial charge is 0.494 e. The average molecular weight is 446 g/mol. The Bertz CT molecular complexity index is 846. The summed E-state index contributed by atoms with van der Waals surface area (Å²) in [6, 6.07) is 14.7. The Morgan fingerprint density at radius 3 is 2.26 bits per heavy atom. The molecule has 0 aliphatic rings. The number of amides is 3. The van der Waals surface area contributed by atoms with Gasteiger partial charge in [-0.3, -0.25) is 25.2 Å². The smallest absolute Gasteiger partial charge is 0.269 e. The van der Waals surface area contributed by atoms with Crippen molar-refractivity contribution in [2.24, 2.45) is 0 Å². The van der Waals surface area contributed by atoms with E-state index >= 15 is 0 Å². The molecule has 8 nitrogen and oxygen atoms in total. The molecule has 3 amide bonds. The number of hydrogen-bond acceptors (Lipinski definition) is 6. The molecule has 0 aromatic heterocycles. The maximum atomic E-state index is 12.5. The summed E-state index contributed by atoms with van der Waals surface area (Å²) in [5.41, 5.74) is 5.11. The summed E-state index contributed by atoms with van der Waals surface area (Å²) < 4.78 is 10.7. The van der Waals surface area contributed by atoms with Crippen LogP contribution in [0, 0.1) is 0 Å². The lowest BCUT2D eigenvalue weighted by molar-refractivity contribution is -0.130. The van der Waals surface area contributed by atoms with E-state index in [1.807, 2.05) is 19.2 Å². The first kappa shape index (κ1) is 24.1. The van der Waals surface area contributed by atoms with Crippen molar-refractivity contribution < 1.29 is 23.9 Å². The highest BCUT2D eigenvalue weighted by molar-refractivity contribution is 7.98. The Labute approximate surface area is 186 Å². The van der Waals surface area contributed by atoms with Gasteiger partial charge in [-0.1, -0.05) is 18.2 Å². The van der Waals surface area contributed by atoms with E-state index in [0.29, 0.717) is 35.8 Å². The third kappa shape index (κ3) is 8.59. The Morgan fingerprint density at radius 2 is 1.61 bits per heavy atom. The zero-order valence-corrected chi connectivity index (χ0v) is 18.4. The summed E-state index contributed by atoms with van der Waals surface area (Å²) in [6.45, 7) is 2.18. The highest BCUT2D eigenvalue weighted by Gasteiger charge is 2.21. The number of hydrogen-bond donors (Lipinski definition) is 3. The molecule has 166 valence electrons. The maximum Gasteiger partial charge on any atom is 0.269 e. The van der Waals surface area contributed by atoms with Crippen molar-refractivity contribution in [1.29, 1.82) is 0 Å². The van der Waals surface area contributed by atoms with Crippen LogP contribution in [-0.2, 0) is 9.59 Å². The number of benzene rings is 2. The van der Waals surface area contributed by atoms with Crippen LogP contribution in [0.25, 0.3) is 0 Å². The normalized spacial score (nSPS) is 11.2. The van der Waals surface area contributed by atoms with Gasteiger partial charge in [0.15, 0.2) is 6.61 Å². The zero-order chi connectivity index (χ0) is 22.5. The van der Waals surface area contributed by atoms with Crippen LogP contribution < -0.4 is 25.6 Å². The van der Waals surface area contributed by atoms with Gasteiger partial charge < -0.3 is 14.8 Å². The maximum absolute atomic E-state index is 12.5. The molecule has 0 heterocycles. The van der Waals surface area contributed by atoms with Crippen LogP contribution in [-0.4, -0.2) is 49.0 Å². The van der Waals surface area contributed by atoms with E-state index in [2.05, 4.69) is 16.2 Å². The monoisotopic (exact) mass is 445 g/mol. The molecular formula is C22H27N3O5S. The molecule has 0 aliphatic heterocycles. The number of rotatable bonds is 11. The molecule has 0 saturated carbocycles. The molecule has 3 N–H and O–H groups in total. The van der Waals surface area contributed by atoms with Crippen molar-refractivity contribution in [1.82, 2.24) is 16.2 Å². The van der Waals surface area contributed by atoms with Gasteiger partial charge in [-0.2, -0.15) is 11.8 Å². The SMILES string of the molecule is CCOc1ccc(C(=O)NNC(=O)C(CCSC)NC(=O)COc2ccccc2)cc1. The summed E-state index contributed by atoms with van der Waals surface area (Å²) in [6.07, 6.45) is 2.31. The van der Waals surface area contributed by atoms with Gasteiger partial charge in [-0.25, -0.2) is 0 Å². The molecule has 2 aromatic carbocycles. The molecule has 2 rings (SSSR count). The fraction of sp³-hybridized carbons (Fsp3) is 0.318. The minimum atomic E-state index is -0.806. The van der Waals surface area contributed by atoms with Crippen LogP contribution >= 0.6 is 11.8 Å². The molecule has 2 aromatic rings. The van der Waals surface area contributed by atoms with Gasteiger partial charge in [0.05, 0.1) is 6.61 Å². The van der Waals surface area contributed by atoms with Crippen LogP contribution in [0.3, 0.4) is 0 Å². The lowest BCUT2D eigenvalue weighted by Gasteiger charge is -2.18. The Hall–Kier alpha value is -3.20. The molecule has 31 heavy (non-hydrogen) atoms. The van der Waals surface area contributed by atoms with Gasteiger partial charge in [0, 0.05) is 5.56 Å². The molecule has 9 heteroatoms. The standard InChI is InChI=1S/C22H27N3O5S/c1-3-29-18-11-9-16(10-12-18)21(27)24-25-22(28)19(13-14-31-2)23-20(26)15-30-17-7-5-4-6-8-17/h4-12,19H,3,13-15H2,1-2H3,(H,23,26)(H,24,27)(H,25,28). The predicted octanol–water partition coefficient (Wildman–Crippen LogP) is 2.16. The number of ether oxygens (including phenoxy) is 2. The van der Waals surface area contributed by atoms with E-state index in [0.717, 1.165) is 0 Å². The second-order valence-electron chi connectivity index (χ2n) is 6.40. The molecule has 0 bridgehead atoms. The van der Waals surface area contributed by atoms with Crippen molar-refractivity contribution in [3.05, 3.63) is 60.2 Å². The second-order valence-corrected chi connectivity index (χ2v) is 7.39. The third-order valence-electron chi connectivity index (χ3n) is 4.10. The Balaban J connectivity index is 1.86. The van der Waals surface area contributed by atoms with Crippen molar-refractivity contribution in [2.75, 3.05) is 25.2 Å². The fourth-order valence-corrected chi connectivity index (χ4v) is 3.02. The van der Waals surface area contributed by atoms with Crippen molar-refractivity contribution in [2.45, 2.75) is 19.4 Å². The molecule has 1 unspecified atom stereocenters. The van der Waals surface area contributed by atoms with E-state index in [-0.39, 0.29) is 6.61 Å². The lowest BCUT2D eigenvalue weighted by atomic mass is 10.2. The molecule has 0 fully saturated rings. The van der Waals surface area contributed by atoms with E-state index in [1.54, 1.807) is 60.3 Å². The lowest BCUT2D eigenvalue weighted by Crippen LogP contribution is -2.53. The van der Waals surface area contributed by atoms with E-state index in [4.69, 9.17) is 9.47 Å².